The van der Waals surface area contributed by atoms with Crippen LogP contribution < -0.4 is 10.7 Å². The van der Waals surface area contributed by atoms with Crippen LogP contribution in [0.4, 0.5) is 0 Å². The highest BCUT2D eigenvalue weighted by molar-refractivity contribution is 5.84. The molecule has 0 spiro atoms. The summed E-state index contributed by atoms with van der Waals surface area (Å²) in [5.41, 5.74) is 4.21. The molecule has 17 heavy (non-hydrogen) atoms. The number of nitrogens with one attached hydrogen (secondary N) is 2. The molecule has 0 unspecified atom stereocenters. The van der Waals surface area contributed by atoms with E-state index in [0.717, 1.165) is 24.6 Å². The van der Waals surface area contributed by atoms with E-state index < -0.39 is 0 Å². The minimum Gasteiger partial charge on any atom is -0.354 e. The predicted molar refractivity (Wildman–Crippen MR) is 71.3 cm³/mol. The molecule has 2 rings (SSSR count). The highest BCUT2D eigenvalue weighted by Crippen LogP contribution is 2.15. The normalized spacial score (nSPS) is 18.6. The zero-order valence-corrected chi connectivity index (χ0v) is 10.3. The third-order valence-corrected chi connectivity index (χ3v) is 2.58. The van der Waals surface area contributed by atoms with Gasteiger partial charge in [0.15, 0.2) is 0 Å². The Labute approximate surface area is 102 Å². The molecule has 1 heterocycles. The summed E-state index contributed by atoms with van der Waals surface area (Å²) < 4.78 is 0. The molecule has 0 radical (unpaired) electrons. The van der Waals surface area contributed by atoms with Crippen LogP contribution in [0.25, 0.3) is 0 Å². The van der Waals surface area contributed by atoms with Crippen molar-refractivity contribution in [2.24, 2.45) is 15.5 Å². The van der Waals surface area contributed by atoms with E-state index in [1.54, 1.807) is 6.21 Å². The third kappa shape index (κ3) is 3.59. The van der Waals surface area contributed by atoms with E-state index in [1.807, 2.05) is 30.3 Å². The van der Waals surface area contributed by atoms with Crippen LogP contribution in [0.3, 0.4) is 0 Å². The van der Waals surface area contributed by atoms with E-state index in [1.165, 1.54) is 0 Å². The van der Waals surface area contributed by atoms with Crippen LogP contribution in [0.15, 0.2) is 40.4 Å². The minimum atomic E-state index is 0.230. The summed E-state index contributed by atoms with van der Waals surface area (Å²) in [6.07, 6.45) is 1.78. The summed E-state index contributed by atoms with van der Waals surface area (Å²) in [4.78, 5) is 4.39. The number of nitrogens with zero attached hydrogens (tertiary/aromatic N) is 2. The number of hydrogen-bond donors (Lipinski definition) is 2. The zero-order chi connectivity index (χ0) is 12.1. The smallest absolute Gasteiger partial charge is 0.212 e. The number of hydrogen-bond acceptors (Lipinski definition) is 4. The molecule has 1 aliphatic rings. The summed E-state index contributed by atoms with van der Waals surface area (Å²) >= 11 is 0. The first-order valence-corrected chi connectivity index (χ1v) is 5.78. The Kier molecular flexibility index (Phi) is 3.42. The van der Waals surface area contributed by atoms with Gasteiger partial charge in [0, 0.05) is 18.5 Å². The highest BCUT2D eigenvalue weighted by atomic mass is 15.4. The lowest BCUT2D eigenvalue weighted by Crippen LogP contribution is -2.45. The molecule has 0 bridgehead atoms. The Hall–Kier alpha value is -1.84. The fraction of sp³-hybridized carbons (Fsp3) is 0.385. The topological polar surface area (TPSA) is 48.8 Å². The number of hydrazone groups is 1. The molecule has 0 saturated carbocycles. The van der Waals surface area contributed by atoms with Gasteiger partial charge in [-0.25, -0.2) is 5.43 Å². The molecule has 0 fully saturated rings. The van der Waals surface area contributed by atoms with Gasteiger partial charge in [0.1, 0.15) is 0 Å². The maximum absolute atomic E-state index is 4.39. The maximum Gasteiger partial charge on any atom is 0.212 e. The van der Waals surface area contributed by atoms with Crippen molar-refractivity contribution < 1.29 is 0 Å². The first-order chi connectivity index (χ1) is 8.16. The van der Waals surface area contributed by atoms with Gasteiger partial charge in [-0.05, 0) is 5.56 Å². The Morgan fingerprint density at radius 2 is 2.12 bits per heavy atom. The largest absolute Gasteiger partial charge is 0.354 e. The second-order valence-corrected chi connectivity index (χ2v) is 4.96. The molecule has 2 N–H and O–H groups in total. The van der Waals surface area contributed by atoms with Gasteiger partial charge in [-0.3, -0.25) is 4.99 Å². The van der Waals surface area contributed by atoms with Gasteiger partial charge >= 0.3 is 0 Å². The molecule has 4 heteroatoms. The van der Waals surface area contributed by atoms with E-state index in [-0.39, 0.29) is 5.41 Å². The molecule has 0 saturated heterocycles. The van der Waals surface area contributed by atoms with Crippen LogP contribution in [-0.2, 0) is 0 Å². The van der Waals surface area contributed by atoms with Crippen molar-refractivity contribution in [2.45, 2.75) is 13.8 Å². The number of aliphatic imine (C=N–C) groups is 1. The lowest BCUT2D eigenvalue weighted by Gasteiger charge is -2.28. The number of rotatable bonds is 2. The molecule has 1 aliphatic heterocycles. The van der Waals surface area contributed by atoms with Gasteiger partial charge in [0.2, 0.25) is 5.96 Å². The van der Waals surface area contributed by atoms with Crippen molar-refractivity contribution in [3.05, 3.63) is 35.9 Å². The SMILES string of the molecule is CC1(C)CN=C(N/N=C/c2ccccc2)NC1. The molecular weight excluding hydrogens is 212 g/mol. The van der Waals surface area contributed by atoms with Crippen LogP contribution in [0.5, 0.6) is 0 Å². The average Bonchev–Trinajstić information content (AvgIpc) is 2.33. The first kappa shape index (κ1) is 11.6. The van der Waals surface area contributed by atoms with Gasteiger partial charge < -0.3 is 5.32 Å². The fourth-order valence-corrected chi connectivity index (χ4v) is 1.51. The minimum absolute atomic E-state index is 0.230. The van der Waals surface area contributed by atoms with Crippen molar-refractivity contribution >= 4 is 12.2 Å². The predicted octanol–water partition coefficient (Wildman–Crippen LogP) is 1.60. The van der Waals surface area contributed by atoms with Crippen molar-refractivity contribution in [2.75, 3.05) is 13.1 Å². The lowest BCUT2D eigenvalue weighted by atomic mass is 9.93. The van der Waals surface area contributed by atoms with E-state index in [2.05, 4.69) is 34.7 Å². The summed E-state index contributed by atoms with van der Waals surface area (Å²) in [5, 5.41) is 7.37. The summed E-state index contributed by atoms with van der Waals surface area (Å²) in [6.45, 7) is 6.11. The first-order valence-electron chi connectivity index (χ1n) is 5.78. The fourth-order valence-electron chi connectivity index (χ4n) is 1.51. The van der Waals surface area contributed by atoms with Crippen LogP contribution >= 0.6 is 0 Å². The third-order valence-electron chi connectivity index (χ3n) is 2.58. The van der Waals surface area contributed by atoms with Crippen LogP contribution in [-0.4, -0.2) is 25.3 Å². The molecule has 4 nitrogen and oxygen atoms in total. The van der Waals surface area contributed by atoms with E-state index >= 15 is 0 Å². The summed E-state index contributed by atoms with van der Waals surface area (Å²) in [7, 11) is 0. The molecule has 90 valence electrons. The second kappa shape index (κ2) is 4.99. The molecule has 0 aliphatic carbocycles. The molecule has 0 aromatic heterocycles. The van der Waals surface area contributed by atoms with Crippen molar-refractivity contribution in [3.8, 4) is 0 Å². The maximum atomic E-state index is 4.39. The Balaban J connectivity index is 1.87. The van der Waals surface area contributed by atoms with Gasteiger partial charge in [-0.15, -0.1) is 0 Å². The lowest BCUT2D eigenvalue weighted by molar-refractivity contribution is 0.358. The Morgan fingerprint density at radius 1 is 1.35 bits per heavy atom. The molecule has 0 amide bonds. The standard InChI is InChI=1S/C13H18N4/c1-13(2)9-14-12(15-10-13)17-16-8-11-6-4-3-5-7-11/h3-8H,9-10H2,1-2H3,(H2,14,15,17)/b16-8+. The van der Waals surface area contributed by atoms with E-state index in [0.29, 0.717) is 0 Å². The van der Waals surface area contributed by atoms with Crippen LogP contribution in [0, 0.1) is 5.41 Å². The van der Waals surface area contributed by atoms with Gasteiger partial charge in [-0.1, -0.05) is 44.2 Å². The quantitative estimate of drug-likeness (QED) is 0.599. The Morgan fingerprint density at radius 3 is 2.76 bits per heavy atom. The molecule has 1 aromatic carbocycles. The monoisotopic (exact) mass is 230 g/mol. The highest BCUT2D eigenvalue weighted by Gasteiger charge is 2.21. The van der Waals surface area contributed by atoms with Crippen molar-refractivity contribution in [3.63, 3.8) is 0 Å². The van der Waals surface area contributed by atoms with Gasteiger partial charge in [0.25, 0.3) is 0 Å². The zero-order valence-electron chi connectivity index (χ0n) is 10.3. The molecular formula is C13H18N4. The van der Waals surface area contributed by atoms with Crippen molar-refractivity contribution in [1.29, 1.82) is 0 Å². The Bertz CT molecular complexity index is 420. The van der Waals surface area contributed by atoms with Crippen molar-refractivity contribution in [1.82, 2.24) is 10.7 Å². The summed E-state index contributed by atoms with van der Waals surface area (Å²) in [5.74, 6) is 0.747. The molecule has 0 atom stereocenters. The average molecular weight is 230 g/mol. The second-order valence-electron chi connectivity index (χ2n) is 4.96. The number of guanidine groups is 1. The molecule has 1 aromatic rings. The summed E-state index contributed by atoms with van der Waals surface area (Å²) in [6, 6.07) is 9.97. The van der Waals surface area contributed by atoms with Crippen LogP contribution in [0.2, 0.25) is 0 Å². The van der Waals surface area contributed by atoms with E-state index in [4.69, 9.17) is 0 Å². The van der Waals surface area contributed by atoms with Gasteiger partial charge in [-0.2, -0.15) is 5.10 Å². The van der Waals surface area contributed by atoms with Crippen LogP contribution in [0.1, 0.15) is 19.4 Å². The van der Waals surface area contributed by atoms with E-state index in [9.17, 15) is 0 Å². The van der Waals surface area contributed by atoms with Gasteiger partial charge in [0.05, 0.1) is 6.21 Å². The number of benzene rings is 1.